The number of rotatable bonds is 6. The first-order chi connectivity index (χ1) is 9.27. The topological polar surface area (TPSA) is 85.8 Å². The van der Waals surface area contributed by atoms with Crippen molar-refractivity contribution in [2.45, 2.75) is 19.0 Å². The maximum atomic E-state index is 11.8. The Balaban J connectivity index is 1.72. The standard InChI is InChI=1S/C13H17N5O/c14-12(11-5-2-1-3-6-11)13(19)15-7-4-9-18-10-8-16-17-18/h1-3,5-6,8,10,12H,4,7,9,14H2,(H,15,19)/t12-/m1/s1. The second-order valence-corrected chi connectivity index (χ2v) is 4.20. The van der Waals surface area contributed by atoms with E-state index in [1.807, 2.05) is 30.3 Å². The van der Waals surface area contributed by atoms with Gasteiger partial charge < -0.3 is 11.1 Å². The average molecular weight is 259 g/mol. The number of hydrogen-bond acceptors (Lipinski definition) is 4. The van der Waals surface area contributed by atoms with Gasteiger partial charge in [0.25, 0.3) is 0 Å². The molecule has 0 unspecified atom stereocenters. The monoisotopic (exact) mass is 259 g/mol. The molecule has 0 radical (unpaired) electrons. The molecule has 0 fully saturated rings. The Hall–Kier alpha value is -2.21. The van der Waals surface area contributed by atoms with Crippen LogP contribution in [-0.2, 0) is 11.3 Å². The summed E-state index contributed by atoms with van der Waals surface area (Å²) < 4.78 is 1.73. The van der Waals surface area contributed by atoms with E-state index in [-0.39, 0.29) is 5.91 Å². The Morgan fingerprint density at radius 1 is 1.37 bits per heavy atom. The Labute approximate surface area is 111 Å². The highest BCUT2D eigenvalue weighted by molar-refractivity contribution is 5.82. The first-order valence-electron chi connectivity index (χ1n) is 6.20. The fourth-order valence-electron chi connectivity index (χ4n) is 1.73. The molecule has 0 aliphatic carbocycles. The smallest absolute Gasteiger partial charge is 0.241 e. The van der Waals surface area contributed by atoms with Crippen molar-refractivity contribution >= 4 is 5.91 Å². The number of carbonyl (C=O) groups is 1. The maximum absolute atomic E-state index is 11.8. The highest BCUT2D eigenvalue weighted by Crippen LogP contribution is 2.08. The predicted molar refractivity (Wildman–Crippen MR) is 71.0 cm³/mol. The Kier molecular flexibility index (Phi) is 4.63. The molecule has 0 saturated carbocycles. The van der Waals surface area contributed by atoms with Gasteiger partial charge in [-0.2, -0.15) is 0 Å². The number of amides is 1. The van der Waals surface area contributed by atoms with Gasteiger partial charge in [0, 0.05) is 19.3 Å². The maximum Gasteiger partial charge on any atom is 0.241 e. The number of aryl methyl sites for hydroxylation is 1. The summed E-state index contributed by atoms with van der Waals surface area (Å²) in [5.74, 6) is -0.162. The van der Waals surface area contributed by atoms with Crippen LogP contribution in [0.4, 0.5) is 0 Å². The highest BCUT2D eigenvalue weighted by atomic mass is 16.2. The number of carbonyl (C=O) groups excluding carboxylic acids is 1. The van der Waals surface area contributed by atoms with Gasteiger partial charge in [-0.15, -0.1) is 5.10 Å². The van der Waals surface area contributed by atoms with E-state index in [1.165, 1.54) is 0 Å². The van der Waals surface area contributed by atoms with Crippen molar-refractivity contribution in [2.75, 3.05) is 6.54 Å². The molecule has 1 aromatic carbocycles. The molecule has 2 rings (SSSR count). The molecular formula is C13H17N5O. The van der Waals surface area contributed by atoms with Crippen LogP contribution in [0.3, 0.4) is 0 Å². The normalized spacial score (nSPS) is 12.1. The minimum Gasteiger partial charge on any atom is -0.354 e. The van der Waals surface area contributed by atoms with Crippen LogP contribution in [0.1, 0.15) is 18.0 Å². The number of aromatic nitrogens is 3. The highest BCUT2D eigenvalue weighted by Gasteiger charge is 2.14. The Morgan fingerprint density at radius 2 is 2.16 bits per heavy atom. The van der Waals surface area contributed by atoms with E-state index in [2.05, 4.69) is 15.6 Å². The van der Waals surface area contributed by atoms with Crippen molar-refractivity contribution in [3.8, 4) is 0 Å². The van der Waals surface area contributed by atoms with E-state index < -0.39 is 6.04 Å². The van der Waals surface area contributed by atoms with Crippen LogP contribution in [0, 0.1) is 0 Å². The number of nitrogens with one attached hydrogen (secondary N) is 1. The summed E-state index contributed by atoms with van der Waals surface area (Å²) in [6.45, 7) is 1.29. The lowest BCUT2D eigenvalue weighted by molar-refractivity contribution is -0.122. The third kappa shape index (κ3) is 3.89. The lowest BCUT2D eigenvalue weighted by atomic mass is 10.1. The van der Waals surface area contributed by atoms with Crippen LogP contribution in [0.5, 0.6) is 0 Å². The van der Waals surface area contributed by atoms with Crippen molar-refractivity contribution in [3.05, 3.63) is 48.3 Å². The van der Waals surface area contributed by atoms with Gasteiger partial charge in [-0.25, -0.2) is 0 Å². The van der Waals surface area contributed by atoms with E-state index in [1.54, 1.807) is 17.1 Å². The summed E-state index contributed by atoms with van der Waals surface area (Å²) in [5.41, 5.74) is 6.69. The molecule has 0 bridgehead atoms. The molecule has 1 aromatic heterocycles. The van der Waals surface area contributed by atoms with Gasteiger partial charge in [0.05, 0.1) is 6.20 Å². The fraction of sp³-hybridized carbons (Fsp3) is 0.308. The lowest BCUT2D eigenvalue weighted by Crippen LogP contribution is -2.34. The van der Waals surface area contributed by atoms with Gasteiger partial charge in [0.1, 0.15) is 6.04 Å². The van der Waals surface area contributed by atoms with Crippen LogP contribution >= 0.6 is 0 Å². The molecule has 19 heavy (non-hydrogen) atoms. The molecule has 6 nitrogen and oxygen atoms in total. The zero-order chi connectivity index (χ0) is 13.5. The van der Waals surface area contributed by atoms with E-state index >= 15 is 0 Å². The van der Waals surface area contributed by atoms with Crippen LogP contribution < -0.4 is 11.1 Å². The number of benzene rings is 1. The Bertz CT molecular complexity index is 497. The van der Waals surface area contributed by atoms with Gasteiger partial charge >= 0.3 is 0 Å². The van der Waals surface area contributed by atoms with Gasteiger partial charge in [-0.3, -0.25) is 9.48 Å². The predicted octanol–water partition coefficient (Wildman–Crippen LogP) is 0.484. The molecule has 100 valence electrons. The van der Waals surface area contributed by atoms with Crippen molar-refractivity contribution < 1.29 is 4.79 Å². The molecule has 2 aromatic rings. The second kappa shape index (κ2) is 6.65. The molecule has 3 N–H and O–H groups in total. The Morgan fingerprint density at radius 3 is 2.84 bits per heavy atom. The van der Waals surface area contributed by atoms with Crippen LogP contribution in [0.25, 0.3) is 0 Å². The van der Waals surface area contributed by atoms with Gasteiger partial charge in [0.2, 0.25) is 5.91 Å². The quantitative estimate of drug-likeness (QED) is 0.739. The fourth-order valence-corrected chi connectivity index (χ4v) is 1.73. The van der Waals surface area contributed by atoms with Gasteiger partial charge in [0.15, 0.2) is 0 Å². The van der Waals surface area contributed by atoms with Crippen LogP contribution in [-0.4, -0.2) is 27.4 Å². The summed E-state index contributed by atoms with van der Waals surface area (Å²) >= 11 is 0. The van der Waals surface area contributed by atoms with Crippen LogP contribution in [0.15, 0.2) is 42.7 Å². The van der Waals surface area contributed by atoms with E-state index in [0.29, 0.717) is 6.54 Å². The average Bonchev–Trinajstić information content (AvgIpc) is 2.96. The summed E-state index contributed by atoms with van der Waals surface area (Å²) in [7, 11) is 0. The van der Waals surface area contributed by atoms with Crippen molar-refractivity contribution in [1.82, 2.24) is 20.3 Å². The minimum absolute atomic E-state index is 0.162. The molecule has 1 heterocycles. The lowest BCUT2D eigenvalue weighted by Gasteiger charge is -2.12. The molecular weight excluding hydrogens is 242 g/mol. The molecule has 1 amide bonds. The minimum atomic E-state index is -0.618. The first kappa shape index (κ1) is 13.2. The summed E-state index contributed by atoms with van der Waals surface area (Å²) in [6, 6.07) is 8.71. The van der Waals surface area contributed by atoms with Crippen LogP contribution in [0.2, 0.25) is 0 Å². The van der Waals surface area contributed by atoms with Crippen molar-refractivity contribution in [2.24, 2.45) is 5.73 Å². The molecule has 0 saturated heterocycles. The molecule has 1 atom stereocenters. The first-order valence-corrected chi connectivity index (χ1v) is 6.20. The number of hydrogen-bond donors (Lipinski definition) is 2. The third-order valence-corrected chi connectivity index (χ3v) is 2.78. The molecule has 0 aliphatic rings. The van der Waals surface area contributed by atoms with E-state index in [4.69, 9.17) is 5.73 Å². The zero-order valence-corrected chi connectivity index (χ0v) is 10.6. The summed E-state index contributed by atoms with van der Waals surface area (Å²) in [6.07, 6.45) is 4.21. The van der Waals surface area contributed by atoms with Gasteiger partial charge in [-0.1, -0.05) is 35.5 Å². The zero-order valence-electron chi connectivity index (χ0n) is 10.6. The van der Waals surface area contributed by atoms with E-state index in [0.717, 1.165) is 18.5 Å². The van der Waals surface area contributed by atoms with Crippen molar-refractivity contribution in [1.29, 1.82) is 0 Å². The summed E-state index contributed by atoms with van der Waals surface area (Å²) in [5, 5.41) is 10.4. The summed E-state index contributed by atoms with van der Waals surface area (Å²) in [4.78, 5) is 11.8. The van der Waals surface area contributed by atoms with E-state index in [9.17, 15) is 4.79 Å². The number of nitrogens with zero attached hydrogens (tertiary/aromatic N) is 3. The molecule has 0 aliphatic heterocycles. The largest absolute Gasteiger partial charge is 0.354 e. The number of nitrogens with two attached hydrogens (primary N) is 1. The molecule has 6 heteroatoms. The molecule has 0 spiro atoms. The second-order valence-electron chi connectivity index (χ2n) is 4.20. The van der Waals surface area contributed by atoms with Crippen molar-refractivity contribution in [3.63, 3.8) is 0 Å². The third-order valence-electron chi connectivity index (χ3n) is 2.78. The SMILES string of the molecule is N[C@@H](C(=O)NCCCn1ccnn1)c1ccccc1. The van der Waals surface area contributed by atoms with Gasteiger partial charge in [-0.05, 0) is 12.0 Å².